The van der Waals surface area contributed by atoms with Crippen LogP contribution in [0.1, 0.15) is 142 Å². The van der Waals surface area contributed by atoms with Crippen LogP contribution in [0.15, 0.2) is 0 Å². The molecule has 0 amide bonds. The number of hydrogen-bond donors (Lipinski definition) is 0. The molecule has 0 bridgehead atoms. The third kappa shape index (κ3) is 36.3. The molecule has 0 aromatic heterocycles. The summed E-state index contributed by atoms with van der Waals surface area (Å²) in [5, 5.41) is 0. The van der Waals surface area contributed by atoms with E-state index in [-0.39, 0.29) is 19.5 Å². The topological polar surface area (TPSA) is 0 Å². The molecular weight excluding hydrogens is 354 g/mol. The van der Waals surface area contributed by atoms with E-state index < -0.39 is 0 Å². The fraction of sp³-hybridized carbons (Fsp3) is 0.917. The first-order valence-corrected chi connectivity index (χ1v) is 11.4. The molecule has 0 aliphatic heterocycles. The van der Waals surface area contributed by atoms with Gasteiger partial charge in [0.05, 0.1) is 0 Å². The quantitative estimate of drug-likeness (QED) is 0.121. The van der Waals surface area contributed by atoms with E-state index in [4.69, 9.17) is 0 Å². The van der Waals surface area contributed by atoms with E-state index in [1.165, 1.54) is 116 Å². The molecule has 25 heavy (non-hydrogen) atoms. The van der Waals surface area contributed by atoms with Crippen molar-refractivity contribution in [2.45, 2.75) is 142 Å². The van der Waals surface area contributed by atoms with E-state index in [0.29, 0.717) is 0 Å². The van der Waals surface area contributed by atoms with Crippen LogP contribution >= 0.6 is 0 Å². The largest absolute Gasteiger partial charge is 2.00 e. The number of unbranched alkanes of at least 4 members (excludes halogenated alkanes) is 18. The fourth-order valence-electron chi connectivity index (χ4n) is 2.97. The van der Waals surface area contributed by atoms with Gasteiger partial charge in [0.2, 0.25) is 0 Å². The Bertz CT molecular complexity index is 139. The SMILES string of the molecule is [CH2-]CCCCCCCCCCC.[CH2-]CCCCCCCCCCC.[Zn+2]. The second kappa shape index (κ2) is 32.3. The molecule has 0 heterocycles. The number of hydrogen-bond acceptors (Lipinski definition) is 0. The van der Waals surface area contributed by atoms with Crippen molar-refractivity contribution < 1.29 is 19.5 Å². The maximum absolute atomic E-state index is 3.84. The molecule has 0 fully saturated rings. The molecule has 148 valence electrons. The van der Waals surface area contributed by atoms with Gasteiger partial charge in [-0.2, -0.15) is 12.8 Å². The van der Waals surface area contributed by atoms with E-state index in [1.54, 1.807) is 0 Å². The van der Waals surface area contributed by atoms with Crippen molar-refractivity contribution in [3.05, 3.63) is 13.8 Å². The molecule has 1 heteroatoms. The molecule has 0 spiro atoms. The summed E-state index contributed by atoms with van der Waals surface area (Å²) < 4.78 is 0. The Labute approximate surface area is 175 Å². The Hall–Kier alpha value is 0.623. The van der Waals surface area contributed by atoms with Crippen molar-refractivity contribution in [3.63, 3.8) is 0 Å². The third-order valence-electron chi connectivity index (χ3n) is 4.71. The zero-order chi connectivity index (χ0) is 18.1. The minimum atomic E-state index is 0. The molecule has 0 atom stereocenters. The van der Waals surface area contributed by atoms with Gasteiger partial charge in [0, 0.05) is 0 Å². The summed E-state index contributed by atoms with van der Waals surface area (Å²) in [5.74, 6) is 0. The van der Waals surface area contributed by atoms with Gasteiger partial charge < -0.3 is 13.8 Å². The van der Waals surface area contributed by atoms with Crippen LogP contribution in [0.2, 0.25) is 0 Å². The van der Waals surface area contributed by atoms with Crippen molar-refractivity contribution in [1.29, 1.82) is 0 Å². The molecule has 0 unspecified atom stereocenters. The maximum atomic E-state index is 3.84. The monoisotopic (exact) mass is 402 g/mol. The van der Waals surface area contributed by atoms with E-state index in [0.717, 1.165) is 12.8 Å². The van der Waals surface area contributed by atoms with Crippen LogP contribution in [0.25, 0.3) is 0 Å². The Morgan fingerprint density at radius 3 is 0.760 bits per heavy atom. The normalized spacial score (nSPS) is 10.1. The fourth-order valence-corrected chi connectivity index (χ4v) is 2.97. The van der Waals surface area contributed by atoms with E-state index in [1.807, 2.05) is 0 Å². The Morgan fingerprint density at radius 1 is 0.360 bits per heavy atom. The van der Waals surface area contributed by atoms with Gasteiger partial charge in [-0.25, -0.2) is 0 Å². The molecule has 0 aromatic carbocycles. The first kappa shape index (κ1) is 30.4. The molecule has 0 aromatic rings. The average Bonchev–Trinajstić information content (AvgIpc) is 2.60. The summed E-state index contributed by atoms with van der Waals surface area (Å²) in [4.78, 5) is 0. The minimum absolute atomic E-state index is 0. The molecule has 0 saturated heterocycles. The predicted molar refractivity (Wildman–Crippen MR) is 114 cm³/mol. The predicted octanol–water partition coefficient (Wildman–Crippen LogP) is 9.48. The molecular formula is C24H50Zn. The van der Waals surface area contributed by atoms with Crippen LogP contribution in [0.3, 0.4) is 0 Å². The Morgan fingerprint density at radius 2 is 0.560 bits per heavy atom. The van der Waals surface area contributed by atoms with Crippen LogP contribution in [0.5, 0.6) is 0 Å². The average molecular weight is 404 g/mol. The van der Waals surface area contributed by atoms with Gasteiger partial charge in [0.1, 0.15) is 0 Å². The third-order valence-corrected chi connectivity index (χ3v) is 4.71. The molecule has 0 saturated carbocycles. The second-order valence-electron chi connectivity index (χ2n) is 7.36. The molecule has 0 radical (unpaired) electrons. The summed E-state index contributed by atoms with van der Waals surface area (Å²) in [6.07, 6.45) is 27.8. The molecule has 0 aliphatic rings. The van der Waals surface area contributed by atoms with Crippen LogP contribution in [-0.2, 0) is 19.5 Å². The van der Waals surface area contributed by atoms with Crippen molar-refractivity contribution >= 4 is 0 Å². The van der Waals surface area contributed by atoms with Crippen molar-refractivity contribution in [3.8, 4) is 0 Å². The summed E-state index contributed by atoms with van der Waals surface area (Å²) in [5.41, 5.74) is 0. The molecule has 0 rings (SSSR count). The Kier molecular flexibility index (Phi) is 39.2. The van der Waals surface area contributed by atoms with Crippen molar-refractivity contribution in [1.82, 2.24) is 0 Å². The molecule has 0 aliphatic carbocycles. The summed E-state index contributed by atoms with van der Waals surface area (Å²) in [7, 11) is 0. The standard InChI is InChI=1S/2C12H25.Zn/c2*1-3-5-7-9-11-12-10-8-6-4-2;/h2*1,3-12H2,2H3;/q2*-1;+2. The van der Waals surface area contributed by atoms with Gasteiger partial charge in [-0.15, -0.1) is 0 Å². The van der Waals surface area contributed by atoms with Crippen LogP contribution in [0.4, 0.5) is 0 Å². The van der Waals surface area contributed by atoms with Crippen LogP contribution in [-0.4, -0.2) is 0 Å². The summed E-state index contributed by atoms with van der Waals surface area (Å²) in [6.45, 7) is 12.2. The van der Waals surface area contributed by atoms with Gasteiger partial charge >= 0.3 is 19.5 Å². The molecule has 0 nitrogen and oxygen atoms in total. The summed E-state index contributed by atoms with van der Waals surface area (Å²) >= 11 is 0. The zero-order valence-electron chi connectivity index (χ0n) is 18.3. The van der Waals surface area contributed by atoms with Crippen molar-refractivity contribution in [2.75, 3.05) is 0 Å². The molecule has 0 N–H and O–H groups in total. The van der Waals surface area contributed by atoms with Gasteiger partial charge in [0.15, 0.2) is 0 Å². The maximum Gasteiger partial charge on any atom is 2.00 e. The van der Waals surface area contributed by atoms with E-state index in [2.05, 4.69) is 27.7 Å². The van der Waals surface area contributed by atoms with Crippen LogP contribution in [0, 0.1) is 13.8 Å². The van der Waals surface area contributed by atoms with Gasteiger partial charge in [-0.3, -0.25) is 0 Å². The van der Waals surface area contributed by atoms with Gasteiger partial charge in [0.25, 0.3) is 0 Å². The minimum Gasteiger partial charge on any atom is -0.343 e. The first-order chi connectivity index (χ1) is 11.8. The van der Waals surface area contributed by atoms with E-state index >= 15 is 0 Å². The smallest absolute Gasteiger partial charge is 0.343 e. The Balaban J connectivity index is -0.000000372. The van der Waals surface area contributed by atoms with Crippen molar-refractivity contribution in [2.24, 2.45) is 0 Å². The second-order valence-corrected chi connectivity index (χ2v) is 7.36. The summed E-state index contributed by atoms with van der Waals surface area (Å²) in [6, 6.07) is 0. The van der Waals surface area contributed by atoms with Gasteiger partial charge in [-0.05, 0) is 0 Å². The zero-order valence-corrected chi connectivity index (χ0v) is 21.2. The number of rotatable bonds is 18. The van der Waals surface area contributed by atoms with E-state index in [9.17, 15) is 0 Å². The first-order valence-electron chi connectivity index (χ1n) is 11.4. The van der Waals surface area contributed by atoms with Crippen LogP contribution < -0.4 is 0 Å². The van der Waals surface area contributed by atoms with Gasteiger partial charge in [-0.1, -0.05) is 129 Å².